The minimum absolute atomic E-state index is 0.122. The van der Waals surface area contributed by atoms with Crippen LogP contribution in [0, 0.1) is 0 Å². The van der Waals surface area contributed by atoms with Gasteiger partial charge in [0.15, 0.2) is 5.65 Å². The predicted octanol–water partition coefficient (Wildman–Crippen LogP) is 4.18. The molecule has 42 heavy (non-hydrogen) atoms. The third-order valence-electron chi connectivity index (χ3n) is 8.61. The van der Waals surface area contributed by atoms with E-state index in [0.29, 0.717) is 0 Å². The SMILES string of the molecule is [B]c1ccc([B])c(C2CCCCN2c2ccn3ncc(C(=C)Nc4ccc(N5CCN(C(=C)CC)CC5)cc4)c3n2)c1. The number of rotatable bonds is 8. The van der Waals surface area contributed by atoms with Crippen molar-refractivity contribution in [2.45, 2.75) is 38.6 Å². The first kappa shape index (κ1) is 28.0. The van der Waals surface area contributed by atoms with E-state index in [9.17, 15) is 0 Å². The van der Waals surface area contributed by atoms with Crippen molar-refractivity contribution < 1.29 is 0 Å². The Labute approximate surface area is 251 Å². The molecule has 1 unspecified atom stereocenters. The van der Waals surface area contributed by atoms with Crippen LogP contribution in [0.3, 0.4) is 0 Å². The second-order valence-electron chi connectivity index (χ2n) is 11.2. The van der Waals surface area contributed by atoms with Crippen LogP contribution in [0.25, 0.3) is 11.3 Å². The molecule has 2 aliphatic heterocycles. The van der Waals surface area contributed by atoms with Gasteiger partial charge in [0.25, 0.3) is 0 Å². The molecule has 0 bridgehead atoms. The summed E-state index contributed by atoms with van der Waals surface area (Å²) in [4.78, 5) is 12.3. The standard InChI is InChI=1S/C33H37B2N7/c1-4-23(2)39-17-19-40(20-18-39)27-11-9-26(10-12-27)37-24(3)29-22-36-42-16-14-32(38-33(29)42)41-15-6-5-7-31(41)28-21-25(34)8-13-30(28)35/h8-14,16,21-22,31,37H,2-7,15,17-20H2,1H3. The quantitative estimate of drug-likeness (QED) is 0.331. The molecule has 0 aliphatic carbocycles. The van der Waals surface area contributed by atoms with Gasteiger partial charge in [-0.2, -0.15) is 5.10 Å². The number of hydrogen-bond acceptors (Lipinski definition) is 6. The Morgan fingerprint density at radius 1 is 0.976 bits per heavy atom. The molecule has 2 fully saturated rings. The van der Waals surface area contributed by atoms with Crippen LogP contribution in [0.15, 0.2) is 79.8 Å². The van der Waals surface area contributed by atoms with Crippen LogP contribution in [-0.4, -0.2) is 67.9 Å². The zero-order chi connectivity index (χ0) is 29.2. The largest absolute Gasteiger partial charge is 0.372 e. The van der Waals surface area contributed by atoms with Crippen molar-refractivity contribution in [3.05, 3.63) is 90.9 Å². The smallest absolute Gasteiger partial charge is 0.166 e. The van der Waals surface area contributed by atoms with E-state index in [1.54, 1.807) is 4.52 Å². The zero-order valence-corrected chi connectivity index (χ0v) is 24.5. The predicted molar refractivity (Wildman–Crippen MR) is 176 cm³/mol. The molecule has 0 amide bonds. The summed E-state index contributed by atoms with van der Waals surface area (Å²) in [7, 11) is 12.5. The lowest BCUT2D eigenvalue weighted by Gasteiger charge is -2.38. The van der Waals surface area contributed by atoms with Crippen LogP contribution in [0.4, 0.5) is 17.2 Å². The Hall–Kier alpha value is -4.13. The molecule has 0 saturated carbocycles. The summed E-state index contributed by atoms with van der Waals surface area (Å²) in [5.74, 6) is 0.899. The molecule has 2 aromatic carbocycles. The number of allylic oxidation sites excluding steroid dienone is 1. The average molecular weight is 553 g/mol. The summed E-state index contributed by atoms with van der Waals surface area (Å²) in [5.41, 5.74) is 8.37. The normalized spacial score (nSPS) is 17.5. The Balaban J connectivity index is 1.18. The van der Waals surface area contributed by atoms with Gasteiger partial charge in [-0.05, 0) is 61.6 Å². The Kier molecular flexibility index (Phi) is 8.00. The molecule has 7 nitrogen and oxygen atoms in total. The van der Waals surface area contributed by atoms with E-state index in [1.165, 1.54) is 11.4 Å². The van der Waals surface area contributed by atoms with Gasteiger partial charge in [-0.1, -0.05) is 49.2 Å². The Morgan fingerprint density at radius 2 is 1.76 bits per heavy atom. The fourth-order valence-electron chi connectivity index (χ4n) is 6.14. The molecule has 9 heteroatoms. The lowest BCUT2D eigenvalue weighted by molar-refractivity contribution is 0.315. The molecule has 6 rings (SSSR count). The summed E-state index contributed by atoms with van der Waals surface area (Å²) in [6.45, 7) is 15.6. The van der Waals surface area contributed by atoms with Gasteiger partial charge < -0.3 is 20.0 Å². The maximum atomic E-state index is 6.40. The van der Waals surface area contributed by atoms with Crippen molar-refractivity contribution in [1.29, 1.82) is 0 Å². The van der Waals surface area contributed by atoms with E-state index in [2.05, 4.69) is 69.5 Å². The van der Waals surface area contributed by atoms with E-state index in [4.69, 9.17) is 20.7 Å². The third kappa shape index (κ3) is 5.65. The van der Waals surface area contributed by atoms with E-state index in [1.807, 2.05) is 36.7 Å². The number of hydrogen-bond donors (Lipinski definition) is 1. The molecule has 1 N–H and O–H groups in total. The van der Waals surface area contributed by atoms with Gasteiger partial charge in [0.05, 0.1) is 17.8 Å². The van der Waals surface area contributed by atoms with Crippen LogP contribution in [0.5, 0.6) is 0 Å². The monoisotopic (exact) mass is 553 g/mol. The number of benzene rings is 2. The fraction of sp³-hybridized carbons (Fsp3) is 0.333. The average Bonchev–Trinajstić information content (AvgIpc) is 3.46. The summed E-state index contributed by atoms with van der Waals surface area (Å²) in [5, 5.41) is 8.03. The van der Waals surface area contributed by atoms with Crippen molar-refractivity contribution in [2.75, 3.05) is 47.8 Å². The Bertz CT molecular complexity index is 1590. The number of piperazine rings is 1. The molecule has 1 atom stereocenters. The molecule has 2 aromatic heterocycles. The fourth-order valence-corrected chi connectivity index (χ4v) is 6.14. The highest BCUT2D eigenvalue weighted by Crippen LogP contribution is 2.34. The van der Waals surface area contributed by atoms with E-state index in [0.717, 1.165) is 103 Å². The van der Waals surface area contributed by atoms with Crippen LogP contribution >= 0.6 is 0 Å². The minimum Gasteiger partial charge on any atom is -0.372 e. The second kappa shape index (κ2) is 12.0. The first-order chi connectivity index (χ1) is 20.4. The highest BCUT2D eigenvalue weighted by Gasteiger charge is 2.27. The molecule has 4 radical (unpaired) electrons. The van der Waals surface area contributed by atoms with Gasteiger partial charge in [-0.25, -0.2) is 9.50 Å². The topological polar surface area (TPSA) is 51.9 Å². The summed E-state index contributed by atoms with van der Waals surface area (Å²) >= 11 is 0. The van der Waals surface area contributed by atoms with Crippen molar-refractivity contribution in [2.24, 2.45) is 0 Å². The summed E-state index contributed by atoms with van der Waals surface area (Å²) in [6.07, 6.45) is 8.04. The van der Waals surface area contributed by atoms with Gasteiger partial charge in [0.2, 0.25) is 0 Å². The highest BCUT2D eigenvalue weighted by molar-refractivity contribution is 6.36. The van der Waals surface area contributed by atoms with Gasteiger partial charge in [0, 0.05) is 61.7 Å². The molecule has 0 spiro atoms. The van der Waals surface area contributed by atoms with Crippen LogP contribution in [0.2, 0.25) is 0 Å². The lowest BCUT2D eigenvalue weighted by Crippen LogP contribution is -2.45. The molecule has 2 saturated heterocycles. The number of piperidine rings is 1. The van der Waals surface area contributed by atoms with E-state index in [-0.39, 0.29) is 6.04 Å². The number of nitrogens with zero attached hydrogens (tertiary/aromatic N) is 6. The lowest BCUT2D eigenvalue weighted by atomic mass is 9.80. The maximum absolute atomic E-state index is 6.40. The number of nitrogens with one attached hydrogen (secondary N) is 1. The molecule has 4 aromatic rings. The van der Waals surface area contributed by atoms with Crippen molar-refractivity contribution >= 4 is 55.2 Å². The van der Waals surface area contributed by atoms with Crippen LogP contribution in [0.1, 0.15) is 49.8 Å². The van der Waals surface area contributed by atoms with Gasteiger partial charge in [-0.3, -0.25) is 0 Å². The maximum Gasteiger partial charge on any atom is 0.166 e. The molecule has 2 aliphatic rings. The molecular formula is C33H37B2N7. The molecule has 210 valence electrons. The summed E-state index contributed by atoms with van der Waals surface area (Å²) < 4.78 is 1.80. The van der Waals surface area contributed by atoms with Crippen LogP contribution in [-0.2, 0) is 0 Å². The zero-order valence-electron chi connectivity index (χ0n) is 24.5. The number of anilines is 3. The van der Waals surface area contributed by atoms with E-state index < -0.39 is 0 Å². The van der Waals surface area contributed by atoms with Gasteiger partial charge >= 0.3 is 0 Å². The van der Waals surface area contributed by atoms with E-state index >= 15 is 0 Å². The van der Waals surface area contributed by atoms with Gasteiger partial charge in [-0.15, -0.1) is 0 Å². The number of aromatic nitrogens is 3. The van der Waals surface area contributed by atoms with Crippen molar-refractivity contribution in [3.8, 4) is 0 Å². The highest BCUT2D eigenvalue weighted by atomic mass is 15.3. The molecule has 4 heterocycles. The third-order valence-corrected chi connectivity index (χ3v) is 8.61. The first-order valence-electron chi connectivity index (χ1n) is 14.9. The molecular weight excluding hydrogens is 516 g/mol. The van der Waals surface area contributed by atoms with Crippen molar-refractivity contribution in [3.63, 3.8) is 0 Å². The van der Waals surface area contributed by atoms with Crippen molar-refractivity contribution in [1.82, 2.24) is 19.5 Å². The van der Waals surface area contributed by atoms with Crippen LogP contribution < -0.4 is 26.0 Å². The second-order valence-corrected chi connectivity index (χ2v) is 11.2. The minimum atomic E-state index is 0.122. The van der Waals surface area contributed by atoms with Gasteiger partial charge in [0.1, 0.15) is 21.5 Å². The summed E-state index contributed by atoms with van der Waals surface area (Å²) in [6, 6.07) is 16.5. The Morgan fingerprint density at radius 3 is 2.52 bits per heavy atom. The first-order valence-corrected chi connectivity index (χ1v) is 14.9. The number of fused-ring (bicyclic) bond motifs is 1.